The number of carbonyl (C=O) groups is 3. The Morgan fingerprint density at radius 1 is 1.19 bits per heavy atom. The molecule has 6 nitrogen and oxygen atoms in total. The van der Waals surface area contributed by atoms with Crippen LogP contribution in [0, 0.1) is 11.8 Å². The molecule has 1 aromatic heterocycles. The molecule has 0 radical (unpaired) electrons. The molecule has 2 aliphatic carbocycles. The summed E-state index contributed by atoms with van der Waals surface area (Å²) in [6.07, 6.45) is 5.40. The molecule has 170 valence electrons. The van der Waals surface area contributed by atoms with E-state index in [1.807, 2.05) is 24.3 Å². The van der Waals surface area contributed by atoms with E-state index < -0.39 is 4.33 Å². The number of nitrogens with zero attached hydrogens (tertiary/aromatic N) is 3. The highest BCUT2D eigenvalue weighted by Crippen LogP contribution is 2.49. The first-order valence-corrected chi connectivity index (χ1v) is 12.2. The summed E-state index contributed by atoms with van der Waals surface area (Å²) in [7, 11) is 0. The van der Waals surface area contributed by atoms with Crippen LogP contribution in [0.15, 0.2) is 24.3 Å². The molecule has 0 spiro atoms. The molecular weight excluding hydrogens is 449 g/mol. The number of carbonyl (C=O) groups excluding carboxylic acids is 3. The number of piperidine rings is 1. The number of amides is 1. The number of ketones is 2. The van der Waals surface area contributed by atoms with E-state index in [0.717, 1.165) is 43.0 Å². The van der Waals surface area contributed by atoms with Crippen molar-refractivity contribution in [2.75, 3.05) is 0 Å². The van der Waals surface area contributed by atoms with Gasteiger partial charge in [0.1, 0.15) is 16.6 Å². The van der Waals surface area contributed by atoms with Crippen molar-refractivity contribution < 1.29 is 14.4 Å². The van der Waals surface area contributed by atoms with Crippen LogP contribution in [-0.2, 0) is 16.1 Å². The van der Waals surface area contributed by atoms with Crippen LogP contribution in [-0.4, -0.2) is 48.6 Å². The number of alkyl halides is 2. The van der Waals surface area contributed by atoms with Crippen LogP contribution in [0.5, 0.6) is 0 Å². The van der Waals surface area contributed by atoms with E-state index in [9.17, 15) is 14.4 Å². The standard InChI is InChI=1S/C24H27Cl2N3O3/c1-14(30)23-17-6-2-3-7-18(17)28(27-23)13-22(32)29-19-10-16(19)11-20(29)21(31)9-15-5-4-8-24(25,26)12-15/h2-3,6-7,15-16,19-20H,4-5,8-13H2,1H3/t15-,16+,19+,20-/m0/s1. The van der Waals surface area contributed by atoms with E-state index in [-0.39, 0.29) is 42.0 Å². The van der Waals surface area contributed by atoms with E-state index in [2.05, 4.69) is 5.10 Å². The van der Waals surface area contributed by atoms with Crippen LogP contribution >= 0.6 is 23.2 Å². The lowest BCUT2D eigenvalue weighted by Crippen LogP contribution is -2.45. The molecule has 1 amide bonds. The summed E-state index contributed by atoms with van der Waals surface area (Å²) in [5, 5.41) is 5.17. The van der Waals surface area contributed by atoms with Crippen LogP contribution in [0.1, 0.15) is 62.4 Å². The Hall–Kier alpha value is -1.92. The maximum atomic E-state index is 13.4. The minimum Gasteiger partial charge on any atom is -0.328 e. The van der Waals surface area contributed by atoms with Gasteiger partial charge in [-0.1, -0.05) is 24.6 Å². The number of fused-ring (bicyclic) bond motifs is 2. The maximum Gasteiger partial charge on any atom is 0.245 e. The van der Waals surface area contributed by atoms with Crippen molar-refractivity contribution in [3.05, 3.63) is 30.0 Å². The Labute approximate surface area is 197 Å². The number of Topliss-reactive ketones (excluding diaryl/α,β-unsaturated/α-hetero) is 2. The fourth-order valence-corrected chi connectivity index (χ4v) is 6.39. The van der Waals surface area contributed by atoms with Crippen LogP contribution in [0.25, 0.3) is 10.9 Å². The third kappa shape index (κ3) is 4.08. The van der Waals surface area contributed by atoms with Crippen molar-refractivity contribution in [1.82, 2.24) is 14.7 Å². The average molecular weight is 476 g/mol. The van der Waals surface area contributed by atoms with Crippen molar-refractivity contribution >= 4 is 51.6 Å². The normalized spacial score (nSPS) is 28.5. The van der Waals surface area contributed by atoms with Gasteiger partial charge >= 0.3 is 0 Å². The Kier molecular flexibility index (Phi) is 5.57. The highest BCUT2D eigenvalue weighted by atomic mass is 35.5. The molecule has 4 atom stereocenters. The Morgan fingerprint density at radius 3 is 2.72 bits per heavy atom. The first-order chi connectivity index (χ1) is 15.2. The van der Waals surface area contributed by atoms with Gasteiger partial charge in [0.05, 0.1) is 11.6 Å². The molecule has 8 heteroatoms. The lowest BCUT2D eigenvalue weighted by atomic mass is 9.83. The second kappa shape index (κ2) is 8.14. The maximum absolute atomic E-state index is 13.4. The molecule has 32 heavy (non-hydrogen) atoms. The summed E-state index contributed by atoms with van der Waals surface area (Å²) in [5.74, 6) is 0.474. The van der Waals surface area contributed by atoms with Gasteiger partial charge in [0.15, 0.2) is 11.6 Å². The Morgan fingerprint density at radius 2 is 1.97 bits per heavy atom. The second-order valence-electron chi connectivity index (χ2n) is 9.68. The summed E-state index contributed by atoms with van der Waals surface area (Å²) in [6, 6.07) is 7.21. The summed E-state index contributed by atoms with van der Waals surface area (Å²) in [6.45, 7) is 1.50. The molecule has 0 bridgehead atoms. The minimum atomic E-state index is -0.744. The fraction of sp³-hybridized carbons (Fsp3) is 0.583. The fourth-order valence-electron chi connectivity index (χ4n) is 5.69. The lowest BCUT2D eigenvalue weighted by Gasteiger charge is -2.33. The summed E-state index contributed by atoms with van der Waals surface area (Å²) in [5.41, 5.74) is 1.12. The first-order valence-electron chi connectivity index (χ1n) is 11.4. The van der Waals surface area contributed by atoms with Crippen LogP contribution < -0.4 is 0 Å². The Bertz CT molecular complexity index is 1100. The third-order valence-electron chi connectivity index (χ3n) is 7.27. The zero-order valence-corrected chi connectivity index (χ0v) is 19.6. The predicted molar refractivity (Wildman–Crippen MR) is 123 cm³/mol. The monoisotopic (exact) mass is 475 g/mol. The van der Waals surface area contributed by atoms with Gasteiger partial charge in [0.2, 0.25) is 5.91 Å². The molecule has 2 heterocycles. The summed E-state index contributed by atoms with van der Waals surface area (Å²) >= 11 is 12.7. The molecule has 0 N–H and O–H groups in total. The molecule has 1 aliphatic heterocycles. The van der Waals surface area contributed by atoms with Crippen molar-refractivity contribution in [1.29, 1.82) is 0 Å². The van der Waals surface area contributed by atoms with Crippen molar-refractivity contribution in [2.24, 2.45) is 11.8 Å². The quantitative estimate of drug-likeness (QED) is 0.453. The number of hydrogen-bond donors (Lipinski definition) is 0. The van der Waals surface area contributed by atoms with Gasteiger partial charge in [-0.15, -0.1) is 23.2 Å². The number of para-hydroxylation sites is 1. The van der Waals surface area contributed by atoms with Gasteiger partial charge in [-0.05, 0) is 50.0 Å². The second-order valence-corrected chi connectivity index (χ2v) is 11.3. The number of rotatable bonds is 6. The van der Waals surface area contributed by atoms with Gasteiger partial charge in [-0.2, -0.15) is 5.10 Å². The van der Waals surface area contributed by atoms with Crippen molar-refractivity contribution in [3.63, 3.8) is 0 Å². The first kappa shape index (κ1) is 21.9. The topological polar surface area (TPSA) is 72.3 Å². The molecular formula is C24H27Cl2N3O3. The molecule has 0 unspecified atom stereocenters. The van der Waals surface area contributed by atoms with Gasteiger partial charge in [-0.3, -0.25) is 19.1 Å². The molecule has 5 rings (SSSR count). The average Bonchev–Trinajstić information content (AvgIpc) is 3.23. The zero-order valence-electron chi connectivity index (χ0n) is 18.1. The molecule has 2 saturated carbocycles. The molecule has 3 fully saturated rings. The number of hydrogen-bond acceptors (Lipinski definition) is 4. The van der Waals surface area contributed by atoms with E-state index >= 15 is 0 Å². The highest BCUT2D eigenvalue weighted by molar-refractivity contribution is 6.48. The number of benzene rings is 1. The minimum absolute atomic E-state index is 0.0245. The Balaban J connectivity index is 1.33. The predicted octanol–water partition coefficient (Wildman–Crippen LogP) is 4.55. The van der Waals surface area contributed by atoms with Crippen LogP contribution in [0.2, 0.25) is 0 Å². The number of aromatic nitrogens is 2. The summed E-state index contributed by atoms with van der Waals surface area (Å²) in [4.78, 5) is 40.4. The summed E-state index contributed by atoms with van der Waals surface area (Å²) < 4.78 is 0.855. The molecule has 1 saturated heterocycles. The van der Waals surface area contributed by atoms with Gasteiger partial charge in [0, 0.05) is 24.8 Å². The third-order valence-corrected chi connectivity index (χ3v) is 7.96. The van der Waals surface area contributed by atoms with E-state index in [4.69, 9.17) is 23.2 Å². The van der Waals surface area contributed by atoms with Gasteiger partial charge in [-0.25, -0.2) is 0 Å². The van der Waals surface area contributed by atoms with Crippen LogP contribution in [0.3, 0.4) is 0 Å². The lowest BCUT2D eigenvalue weighted by molar-refractivity contribution is -0.140. The highest BCUT2D eigenvalue weighted by Gasteiger charge is 2.55. The largest absolute Gasteiger partial charge is 0.328 e. The van der Waals surface area contributed by atoms with Gasteiger partial charge in [0.25, 0.3) is 0 Å². The van der Waals surface area contributed by atoms with Gasteiger partial charge < -0.3 is 4.90 Å². The molecule has 1 aromatic carbocycles. The smallest absolute Gasteiger partial charge is 0.245 e. The SMILES string of the molecule is CC(=O)c1nn(CC(=O)N2[C@@H]3C[C@@H]3C[C@H]2C(=O)C[C@@H]2CCCC(Cl)(Cl)C2)c2ccccc12. The molecule has 3 aliphatic rings. The zero-order chi connectivity index (χ0) is 22.6. The number of halogens is 2. The van der Waals surface area contributed by atoms with E-state index in [1.165, 1.54) is 6.92 Å². The number of likely N-dealkylation sites (tertiary alicyclic amines) is 1. The van der Waals surface area contributed by atoms with E-state index in [0.29, 0.717) is 24.5 Å². The molecule has 2 aromatic rings. The van der Waals surface area contributed by atoms with Crippen molar-refractivity contribution in [2.45, 2.75) is 74.8 Å². The van der Waals surface area contributed by atoms with Crippen molar-refractivity contribution in [3.8, 4) is 0 Å². The van der Waals surface area contributed by atoms with E-state index in [1.54, 1.807) is 9.58 Å². The van der Waals surface area contributed by atoms with Crippen LogP contribution in [0.4, 0.5) is 0 Å².